The molecule has 3 aromatic rings. The van der Waals surface area contributed by atoms with Gasteiger partial charge in [-0.15, -0.1) is 0 Å². The van der Waals surface area contributed by atoms with Crippen molar-refractivity contribution in [3.05, 3.63) is 111 Å². The molecule has 0 radical (unpaired) electrons. The zero-order valence-corrected chi connectivity index (χ0v) is 21.9. The van der Waals surface area contributed by atoms with E-state index in [0.29, 0.717) is 24.3 Å². The maximum absolute atomic E-state index is 14.3. The van der Waals surface area contributed by atoms with Gasteiger partial charge in [0.2, 0.25) is 5.90 Å². The van der Waals surface area contributed by atoms with Gasteiger partial charge in [0.25, 0.3) is 5.91 Å². The molecular weight excluding hydrogens is 520 g/mol. The first kappa shape index (κ1) is 28.5. The lowest BCUT2D eigenvalue weighted by Crippen LogP contribution is -2.52. The highest BCUT2D eigenvalue weighted by Crippen LogP contribution is 2.34. The second-order valence-corrected chi connectivity index (χ2v) is 9.30. The molecule has 4 rings (SSSR count). The number of aliphatic hydroxyl groups excluding tert-OH is 1. The number of hydrogen-bond donors (Lipinski definition) is 2. The molecule has 2 atom stereocenters. The van der Waals surface area contributed by atoms with Crippen LogP contribution in [0.2, 0.25) is 0 Å². The van der Waals surface area contributed by atoms with Gasteiger partial charge in [-0.25, -0.2) is 13.8 Å². The first-order valence-electron chi connectivity index (χ1n) is 12.8. The summed E-state index contributed by atoms with van der Waals surface area (Å²) in [6.07, 6.45) is -0.0848. The average Bonchev–Trinajstić information content (AvgIpc) is 3.29. The van der Waals surface area contributed by atoms with Crippen LogP contribution in [-0.4, -0.2) is 41.8 Å². The average molecular weight is 550 g/mol. The standard InChI is InChI=1S/C29H29F2N5O4/c1-19-29(16-21-5-2-3-6-22(21)18-34-36-32,28(38)33-17-23-7-10-24(30)15-26(23)31)35-27(40-19)20-8-11-25(12-9-20)39-14-4-13-37/h2-3,5-12,15,19,37H,4,13-14,16-18H2,1H3,(H,33,38)/t19-,29-/m1/s1. The van der Waals surface area contributed by atoms with Crippen LogP contribution in [0.3, 0.4) is 0 Å². The largest absolute Gasteiger partial charge is 0.494 e. The Bertz CT molecular complexity index is 1430. The molecule has 0 unspecified atom stereocenters. The second kappa shape index (κ2) is 13.1. The van der Waals surface area contributed by atoms with Crippen molar-refractivity contribution in [2.24, 2.45) is 10.1 Å². The minimum atomic E-state index is -1.44. The molecule has 0 saturated carbocycles. The Kier molecular flexibility index (Phi) is 9.31. The summed E-state index contributed by atoms with van der Waals surface area (Å²) in [7, 11) is 0. The predicted octanol–water partition coefficient (Wildman–Crippen LogP) is 5.00. The molecule has 1 aliphatic heterocycles. The van der Waals surface area contributed by atoms with Gasteiger partial charge in [0.15, 0.2) is 5.54 Å². The zero-order valence-electron chi connectivity index (χ0n) is 21.9. The van der Waals surface area contributed by atoms with E-state index in [1.165, 1.54) is 6.07 Å². The van der Waals surface area contributed by atoms with Crippen molar-refractivity contribution in [1.82, 2.24) is 5.32 Å². The number of ether oxygens (including phenoxy) is 2. The van der Waals surface area contributed by atoms with Crippen molar-refractivity contribution in [3.8, 4) is 5.75 Å². The fourth-order valence-corrected chi connectivity index (χ4v) is 4.42. The first-order valence-corrected chi connectivity index (χ1v) is 12.8. The van der Waals surface area contributed by atoms with Crippen molar-refractivity contribution in [3.63, 3.8) is 0 Å². The number of aliphatic imine (C=N–C) groups is 1. The van der Waals surface area contributed by atoms with E-state index in [2.05, 4.69) is 15.3 Å². The lowest BCUT2D eigenvalue weighted by atomic mass is 9.84. The molecule has 2 N–H and O–H groups in total. The summed E-state index contributed by atoms with van der Waals surface area (Å²) >= 11 is 0. The van der Waals surface area contributed by atoms with E-state index in [4.69, 9.17) is 25.1 Å². The molecular formula is C29H29F2N5O4. The number of nitrogens with one attached hydrogen (secondary N) is 1. The molecule has 1 heterocycles. The van der Waals surface area contributed by atoms with E-state index in [0.717, 1.165) is 23.3 Å². The Balaban J connectivity index is 1.66. The summed E-state index contributed by atoms with van der Waals surface area (Å²) < 4.78 is 39.4. The van der Waals surface area contributed by atoms with Gasteiger partial charge in [0.05, 0.1) is 13.2 Å². The van der Waals surface area contributed by atoms with Crippen LogP contribution in [0.15, 0.2) is 76.8 Å². The van der Waals surface area contributed by atoms with E-state index in [1.54, 1.807) is 31.2 Å². The molecule has 40 heavy (non-hydrogen) atoms. The van der Waals surface area contributed by atoms with Gasteiger partial charge in [-0.2, -0.15) is 0 Å². The third kappa shape index (κ3) is 6.56. The minimum Gasteiger partial charge on any atom is -0.494 e. The molecule has 0 aliphatic carbocycles. The fourth-order valence-electron chi connectivity index (χ4n) is 4.42. The minimum absolute atomic E-state index is 0.0323. The van der Waals surface area contributed by atoms with Crippen molar-refractivity contribution in [2.75, 3.05) is 13.2 Å². The number of benzene rings is 3. The van der Waals surface area contributed by atoms with Crippen molar-refractivity contribution < 1.29 is 28.2 Å². The second-order valence-electron chi connectivity index (χ2n) is 9.30. The van der Waals surface area contributed by atoms with Gasteiger partial charge < -0.3 is 19.9 Å². The van der Waals surface area contributed by atoms with Crippen molar-refractivity contribution >= 4 is 11.8 Å². The quantitative estimate of drug-likeness (QED) is 0.143. The lowest BCUT2D eigenvalue weighted by Gasteiger charge is -2.29. The van der Waals surface area contributed by atoms with Crippen LogP contribution in [0, 0.1) is 11.6 Å². The van der Waals surface area contributed by atoms with Gasteiger partial charge in [-0.1, -0.05) is 35.4 Å². The number of aliphatic hydroxyl groups is 1. The molecule has 11 heteroatoms. The smallest absolute Gasteiger partial charge is 0.252 e. The SMILES string of the molecule is C[C@H]1OC(c2ccc(OCCCO)cc2)=N[C@@]1(Cc1ccccc1CN=[N+]=[N-])C(=O)NCc1ccc(F)cc1F. The molecule has 0 saturated heterocycles. The number of amides is 1. The summed E-state index contributed by atoms with van der Waals surface area (Å²) in [5, 5.41) is 15.4. The fraction of sp³-hybridized carbons (Fsp3) is 0.310. The van der Waals surface area contributed by atoms with E-state index in [9.17, 15) is 13.6 Å². The third-order valence-corrected chi connectivity index (χ3v) is 6.66. The number of carbonyl (C=O) groups excluding carboxylic acids is 1. The molecule has 1 amide bonds. The number of rotatable bonds is 12. The first-order chi connectivity index (χ1) is 19.4. The van der Waals surface area contributed by atoms with Crippen LogP contribution in [0.4, 0.5) is 8.78 Å². The van der Waals surface area contributed by atoms with E-state index in [1.807, 2.05) is 24.3 Å². The summed E-state index contributed by atoms with van der Waals surface area (Å²) in [5.41, 5.74) is 9.61. The molecule has 9 nitrogen and oxygen atoms in total. The molecule has 0 bridgehead atoms. The van der Waals surface area contributed by atoms with Crippen molar-refractivity contribution in [1.29, 1.82) is 0 Å². The van der Waals surface area contributed by atoms with Crippen LogP contribution < -0.4 is 10.1 Å². The normalized spacial score (nSPS) is 17.9. The monoisotopic (exact) mass is 549 g/mol. The van der Waals surface area contributed by atoms with Gasteiger partial charge in [0, 0.05) is 48.1 Å². The van der Waals surface area contributed by atoms with Crippen LogP contribution in [0.1, 0.15) is 35.6 Å². The zero-order chi connectivity index (χ0) is 28.5. The number of hydrogen-bond acceptors (Lipinski definition) is 6. The van der Waals surface area contributed by atoms with Crippen molar-refractivity contribution in [2.45, 2.75) is 44.5 Å². The maximum atomic E-state index is 14.3. The Morgan fingerprint density at radius 3 is 2.60 bits per heavy atom. The third-order valence-electron chi connectivity index (χ3n) is 6.66. The van der Waals surface area contributed by atoms with Crippen LogP contribution >= 0.6 is 0 Å². The highest BCUT2D eigenvalue weighted by atomic mass is 19.1. The molecule has 1 aliphatic rings. The lowest BCUT2D eigenvalue weighted by molar-refractivity contribution is -0.128. The number of nitrogens with zero attached hydrogens (tertiary/aromatic N) is 4. The van der Waals surface area contributed by atoms with Gasteiger partial charge in [-0.05, 0) is 53.9 Å². The summed E-state index contributed by atoms with van der Waals surface area (Å²) in [6, 6.07) is 17.4. The predicted molar refractivity (Wildman–Crippen MR) is 145 cm³/mol. The Hall–Kier alpha value is -4.47. The number of halogens is 2. The molecule has 0 spiro atoms. The Morgan fingerprint density at radius 2 is 1.90 bits per heavy atom. The summed E-state index contributed by atoms with van der Waals surface area (Å²) in [4.78, 5) is 21.5. The van der Waals surface area contributed by atoms with E-state index >= 15 is 0 Å². The van der Waals surface area contributed by atoms with E-state index < -0.39 is 29.2 Å². The van der Waals surface area contributed by atoms with Crippen LogP contribution in [-0.2, 0) is 29.0 Å². The molecule has 0 aromatic heterocycles. The molecule has 3 aromatic carbocycles. The topological polar surface area (TPSA) is 129 Å². The van der Waals surface area contributed by atoms with Gasteiger partial charge in [-0.3, -0.25) is 4.79 Å². The Morgan fingerprint density at radius 1 is 1.15 bits per heavy atom. The highest BCUT2D eigenvalue weighted by molar-refractivity contribution is 6.01. The highest BCUT2D eigenvalue weighted by Gasteiger charge is 2.50. The maximum Gasteiger partial charge on any atom is 0.252 e. The molecule has 208 valence electrons. The van der Waals surface area contributed by atoms with Gasteiger partial charge >= 0.3 is 0 Å². The summed E-state index contributed by atoms with van der Waals surface area (Å²) in [5.74, 6) is -1.11. The Labute approximate surface area is 230 Å². The molecule has 0 fully saturated rings. The van der Waals surface area contributed by atoms with Crippen LogP contribution in [0.5, 0.6) is 5.75 Å². The van der Waals surface area contributed by atoms with E-state index in [-0.39, 0.29) is 37.6 Å². The number of azide groups is 1. The summed E-state index contributed by atoms with van der Waals surface area (Å²) in [6.45, 7) is 2.05. The van der Waals surface area contributed by atoms with Crippen LogP contribution in [0.25, 0.3) is 10.4 Å². The van der Waals surface area contributed by atoms with Gasteiger partial charge in [0.1, 0.15) is 23.5 Å². The number of carbonyl (C=O) groups is 1.